The lowest BCUT2D eigenvalue weighted by molar-refractivity contribution is 0.593. The highest BCUT2D eigenvalue weighted by molar-refractivity contribution is 9.10. The zero-order valence-corrected chi connectivity index (χ0v) is 11.4. The number of rotatable bonds is 3. The van der Waals surface area contributed by atoms with E-state index in [1.807, 2.05) is 0 Å². The molecule has 0 fully saturated rings. The van der Waals surface area contributed by atoms with Crippen LogP contribution in [0.1, 0.15) is 5.69 Å². The van der Waals surface area contributed by atoms with Crippen molar-refractivity contribution in [3.8, 4) is 0 Å². The topological polar surface area (TPSA) is 64.8 Å². The number of hydrogen-bond donors (Lipinski definition) is 0. The molecule has 5 nitrogen and oxygen atoms in total. The van der Waals surface area contributed by atoms with Crippen molar-refractivity contribution >= 4 is 25.8 Å². The molecule has 0 spiro atoms. The van der Waals surface area contributed by atoms with Gasteiger partial charge in [-0.3, -0.25) is 0 Å². The zero-order valence-electron chi connectivity index (χ0n) is 9.04. The van der Waals surface area contributed by atoms with Crippen LogP contribution in [-0.2, 0) is 22.6 Å². The fourth-order valence-electron chi connectivity index (χ4n) is 1.40. The molecule has 0 aliphatic rings. The first kappa shape index (κ1) is 12.3. The lowest BCUT2D eigenvalue weighted by Crippen LogP contribution is -2.06. The van der Waals surface area contributed by atoms with Gasteiger partial charge in [0.2, 0.25) is 0 Å². The van der Waals surface area contributed by atoms with Crippen molar-refractivity contribution in [3.63, 3.8) is 0 Å². The summed E-state index contributed by atoms with van der Waals surface area (Å²) in [6.45, 7) is 0. The van der Waals surface area contributed by atoms with Crippen molar-refractivity contribution < 1.29 is 8.42 Å². The first-order chi connectivity index (χ1) is 7.99. The Kier molecular flexibility index (Phi) is 3.30. The maximum atomic E-state index is 12.1. The summed E-state index contributed by atoms with van der Waals surface area (Å²) < 4.78 is 24.6. The number of sulfone groups is 1. The van der Waals surface area contributed by atoms with Crippen LogP contribution in [0.2, 0.25) is 0 Å². The van der Waals surface area contributed by atoms with Crippen molar-refractivity contribution in [1.82, 2.24) is 15.0 Å². The van der Waals surface area contributed by atoms with Crippen LogP contribution < -0.4 is 0 Å². The number of aryl methyl sites for hydroxylation is 1. The highest BCUT2D eigenvalue weighted by Gasteiger charge is 2.19. The maximum Gasteiger partial charge on any atom is 0.184 e. The normalized spacial score (nSPS) is 11.6. The van der Waals surface area contributed by atoms with E-state index in [1.165, 1.54) is 4.80 Å². The number of aromatic nitrogens is 3. The van der Waals surface area contributed by atoms with Crippen molar-refractivity contribution in [2.45, 2.75) is 10.6 Å². The van der Waals surface area contributed by atoms with E-state index < -0.39 is 9.84 Å². The minimum Gasteiger partial charge on any atom is -0.223 e. The first-order valence-corrected chi connectivity index (χ1v) is 7.27. The predicted molar refractivity (Wildman–Crippen MR) is 66.0 cm³/mol. The molecule has 0 saturated heterocycles. The Morgan fingerprint density at radius 1 is 1.24 bits per heavy atom. The van der Waals surface area contributed by atoms with Gasteiger partial charge in [0, 0.05) is 7.05 Å². The van der Waals surface area contributed by atoms with Crippen LogP contribution in [0.15, 0.2) is 39.8 Å². The second kappa shape index (κ2) is 4.58. The van der Waals surface area contributed by atoms with Gasteiger partial charge < -0.3 is 0 Å². The number of hydrogen-bond acceptors (Lipinski definition) is 4. The Labute approximate surface area is 108 Å². The molecule has 0 N–H and O–H groups in total. The van der Waals surface area contributed by atoms with Crippen molar-refractivity contribution in [1.29, 1.82) is 0 Å². The Morgan fingerprint density at radius 2 is 1.88 bits per heavy atom. The first-order valence-electron chi connectivity index (χ1n) is 4.82. The van der Waals surface area contributed by atoms with Gasteiger partial charge in [0.25, 0.3) is 0 Å². The molecule has 1 heterocycles. The second-order valence-corrected chi connectivity index (χ2v) is 6.24. The summed E-state index contributed by atoms with van der Waals surface area (Å²) in [6, 6.07) is 8.30. The van der Waals surface area contributed by atoms with Crippen LogP contribution in [0.5, 0.6) is 0 Å². The fraction of sp³-hybridized carbons (Fsp3) is 0.200. The fourth-order valence-corrected chi connectivity index (χ4v) is 3.33. The molecular weight excluding hydrogens is 306 g/mol. The summed E-state index contributed by atoms with van der Waals surface area (Å²) in [6.07, 6.45) is 0. The van der Waals surface area contributed by atoms with Crippen LogP contribution >= 0.6 is 15.9 Å². The molecule has 90 valence electrons. The third-order valence-corrected chi connectivity index (χ3v) is 4.43. The molecular formula is C10H10BrN3O2S. The standard InChI is InChI=1S/C10H10BrN3O2S/c1-14-12-9(10(11)13-14)7-17(15,16)8-5-3-2-4-6-8/h2-6H,7H2,1H3. The third kappa shape index (κ3) is 2.73. The summed E-state index contributed by atoms with van der Waals surface area (Å²) in [4.78, 5) is 1.62. The molecule has 0 saturated carbocycles. The SMILES string of the molecule is Cn1nc(Br)c(CS(=O)(=O)c2ccccc2)n1. The smallest absolute Gasteiger partial charge is 0.184 e. The molecule has 1 aromatic carbocycles. The zero-order chi connectivity index (χ0) is 12.5. The Hall–Kier alpha value is -1.21. The molecule has 0 atom stereocenters. The molecule has 2 aromatic rings. The van der Waals surface area contributed by atoms with Crippen LogP contribution in [0, 0.1) is 0 Å². The predicted octanol–water partition coefficient (Wildman–Crippen LogP) is 1.55. The molecule has 0 radical (unpaired) electrons. The van der Waals surface area contributed by atoms with Crippen LogP contribution in [0.4, 0.5) is 0 Å². The molecule has 0 aliphatic heterocycles. The summed E-state index contributed by atoms with van der Waals surface area (Å²) in [7, 11) is -1.73. The van der Waals surface area contributed by atoms with Gasteiger partial charge in [0.05, 0.1) is 4.90 Å². The highest BCUT2D eigenvalue weighted by atomic mass is 79.9. The van der Waals surface area contributed by atoms with Gasteiger partial charge in [-0.25, -0.2) is 8.42 Å². The molecule has 7 heteroatoms. The average molecular weight is 316 g/mol. The van der Waals surface area contributed by atoms with E-state index in [-0.39, 0.29) is 10.6 Å². The van der Waals surface area contributed by atoms with Crippen LogP contribution in [-0.4, -0.2) is 23.4 Å². The summed E-state index contributed by atoms with van der Waals surface area (Å²) in [5, 5.41) is 7.95. The number of halogens is 1. The van der Waals surface area contributed by atoms with Crippen molar-refractivity contribution in [3.05, 3.63) is 40.6 Å². The van der Waals surface area contributed by atoms with Gasteiger partial charge in [-0.2, -0.15) is 9.90 Å². The van der Waals surface area contributed by atoms with Gasteiger partial charge in [0.15, 0.2) is 14.4 Å². The van der Waals surface area contributed by atoms with E-state index >= 15 is 0 Å². The molecule has 0 bridgehead atoms. The van der Waals surface area contributed by atoms with E-state index in [0.29, 0.717) is 10.3 Å². The van der Waals surface area contributed by atoms with E-state index in [4.69, 9.17) is 0 Å². The van der Waals surface area contributed by atoms with E-state index in [0.717, 1.165) is 0 Å². The Morgan fingerprint density at radius 3 is 2.41 bits per heavy atom. The molecule has 0 aliphatic carbocycles. The van der Waals surface area contributed by atoms with E-state index in [1.54, 1.807) is 37.4 Å². The number of benzene rings is 1. The average Bonchev–Trinajstić information content (AvgIpc) is 2.58. The molecule has 1 aromatic heterocycles. The highest BCUT2D eigenvalue weighted by Crippen LogP contribution is 2.19. The molecule has 0 amide bonds. The van der Waals surface area contributed by atoms with Crippen LogP contribution in [0.3, 0.4) is 0 Å². The van der Waals surface area contributed by atoms with E-state index in [2.05, 4.69) is 26.1 Å². The summed E-state index contributed by atoms with van der Waals surface area (Å²) in [5.74, 6) is -0.161. The van der Waals surface area contributed by atoms with Crippen molar-refractivity contribution in [2.24, 2.45) is 7.05 Å². The molecule has 2 rings (SSSR count). The summed E-state index contributed by atoms with van der Waals surface area (Å²) in [5.41, 5.74) is 0.413. The van der Waals surface area contributed by atoms with Gasteiger partial charge in [-0.15, -0.1) is 5.10 Å². The largest absolute Gasteiger partial charge is 0.223 e. The van der Waals surface area contributed by atoms with Crippen molar-refractivity contribution in [2.75, 3.05) is 0 Å². The van der Waals surface area contributed by atoms with Gasteiger partial charge >= 0.3 is 0 Å². The molecule has 17 heavy (non-hydrogen) atoms. The van der Waals surface area contributed by atoms with Gasteiger partial charge in [-0.05, 0) is 28.1 Å². The summed E-state index contributed by atoms with van der Waals surface area (Å²) >= 11 is 3.18. The monoisotopic (exact) mass is 315 g/mol. The van der Waals surface area contributed by atoms with Gasteiger partial charge in [-0.1, -0.05) is 18.2 Å². The quantitative estimate of drug-likeness (QED) is 0.862. The van der Waals surface area contributed by atoms with E-state index in [9.17, 15) is 8.42 Å². The lowest BCUT2D eigenvalue weighted by Gasteiger charge is -2.01. The van der Waals surface area contributed by atoms with Crippen LogP contribution in [0.25, 0.3) is 0 Å². The minimum absolute atomic E-state index is 0.161. The van der Waals surface area contributed by atoms with Gasteiger partial charge in [0.1, 0.15) is 11.4 Å². The maximum absolute atomic E-state index is 12.1. The minimum atomic E-state index is -3.37. The second-order valence-electron chi connectivity index (χ2n) is 3.50. The third-order valence-electron chi connectivity index (χ3n) is 2.17. The molecule has 0 unspecified atom stereocenters. The Balaban J connectivity index is 2.33. The number of nitrogens with zero attached hydrogens (tertiary/aromatic N) is 3. The lowest BCUT2D eigenvalue weighted by atomic mass is 10.4. The Bertz CT molecular complexity index is 622.